The first-order valence-electron chi connectivity index (χ1n) is 8.06. The molecule has 1 rings (SSSR count). The number of hydrogen-bond donors (Lipinski definition) is 0. The maximum atomic E-state index is 13.3. The molecule has 0 amide bonds. The first-order valence-corrected chi connectivity index (χ1v) is 14.4. The highest BCUT2D eigenvalue weighted by Crippen LogP contribution is 2.40. The standard InChI is InChI=1S/C17H29F3O2Si2/c1-16(2,3)24(7,8)21-14-11-9-13(10-12-14)15(17(18,19)20)22-23(4,5)6/h9-12,15H,1-8H3. The van der Waals surface area contributed by atoms with Crippen LogP contribution in [0.3, 0.4) is 0 Å². The Morgan fingerprint density at radius 2 is 1.33 bits per heavy atom. The second-order valence-electron chi connectivity index (χ2n) is 8.58. The first kappa shape index (κ1) is 21.2. The van der Waals surface area contributed by atoms with Gasteiger partial charge in [0.25, 0.3) is 0 Å². The molecule has 0 N–H and O–H groups in total. The van der Waals surface area contributed by atoms with Crippen LogP contribution in [0.4, 0.5) is 13.2 Å². The Kier molecular flexibility index (Phi) is 6.06. The lowest BCUT2D eigenvalue weighted by Crippen LogP contribution is -2.43. The molecule has 0 aromatic heterocycles. The maximum Gasteiger partial charge on any atom is 0.417 e. The summed E-state index contributed by atoms with van der Waals surface area (Å²) in [7, 11) is -4.35. The predicted molar refractivity (Wildman–Crippen MR) is 97.5 cm³/mol. The van der Waals surface area contributed by atoms with Crippen LogP contribution < -0.4 is 4.43 Å². The van der Waals surface area contributed by atoms with Gasteiger partial charge in [0.15, 0.2) is 14.4 Å². The fourth-order valence-corrected chi connectivity index (χ4v) is 3.84. The molecule has 0 aliphatic rings. The summed E-state index contributed by atoms with van der Waals surface area (Å²) < 4.78 is 51.5. The third kappa shape index (κ3) is 5.93. The lowest BCUT2D eigenvalue weighted by Gasteiger charge is -2.36. The van der Waals surface area contributed by atoms with Gasteiger partial charge >= 0.3 is 6.18 Å². The van der Waals surface area contributed by atoms with Gasteiger partial charge in [-0.15, -0.1) is 0 Å². The van der Waals surface area contributed by atoms with Gasteiger partial charge in [0.1, 0.15) is 5.75 Å². The molecule has 1 atom stereocenters. The van der Waals surface area contributed by atoms with Gasteiger partial charge in [0.05, 0.1) is 0 Å². The van der Waals surface area contributed by atoms with Crippen molar-refractivity contribution in [2.45, 2.75) is 70.8 Å². The van der Waals surface area contributed by atoms with Gasteiger partial charge in [-0.05, 0) is 55.5 Å². The topological polar surface area (TPSA) is 18.5 Å². The van der Waals surface area contributed by atoms with Crippen LogP contribution in [-0.4, -0.2) is 22.8 Å². The predicted octanol–water partition coefficient (Wildman–Crippen LogP) is 6.53. The van der Waals surface area contributed by atoms with Gasteiger partial charge in [-0.3, -0.25) is 0 Å². The number of benzene rings is 1. The summed E-state index contributed by atoms with van der Waals surface area (Å²) >= 11 is 0. The van der Waals surface area contributed by atoms with Crippen molar-refractivity contribution in [2.24, 2.45) is 0 Å². The van der Waals surface area contributed by atoms with Crippen molar-refractivity contribution in [3.05, 3.63) is 29.8 Å². The Labute approximate surface area is 145 Å². The van der Waals surface area contributed by atoms with E-state index in [4.69, 9.17) is 8.85 Å². The SMILES string of the molecule is CC(C)(C)[Si](C)(C)Oc1ccc(C(O[Si](C)(C)C)C(F)(F)F)cc1. The van der Waals surface area contributed by atoms with Gasteiger partial charge in [-0.1, -0.05) is 32.9 Å². The first-order chi connectivity index (χ1) is 10.5. The van der Waals surface area contributed by atoms with E-state index in [0.29, 0.717) is 5.75 Å². The second kappa shape index (κ2) is 6.84. The molecule has 138 valence electrons. The number of halogens is 3. The quantitative estimate of drug-likeness (QED) is 0.543. The Bertz CT molecular complexity index is 541. The fourth-order valence-electron chi connectivity index (χ4n) is 1.84. The Morgan fingerprint density at radius 3 is 1.67 bits per heavy atom. The van der Waals surface area contributed by atoms with Crippen LogP contribution in [0.1, 0.15) is 32.4 Å². The molecule has 1 unspecified atom stereocenters. The van der Waals surface area contributed by atoms with Crippen LogP contribution in [0.15, 0.2) is 24.3 Å². The molecule has 0 heterocycles. The van der Waals surface area contributed by atoms with Crippen LogP contribution in [0, 0.1) is 0 Å². The van der Waals surface area contributed by atoms with Crippen LogP contribution in [0.2, 0.25) is 37.8 Å². The lowest BCUT2D eigenvalue weighted by atomic mass is 10.1. The van der Waals surface area contributed by atoms with Crippen molar-refractivity contribution >= 4 is 16.6 Å². The molecule has 0 aliphatic heterocycles. The molecule has 24 heavy (non-hydrogen) atoms. The van der Waals surface area contributed by atoms with E-state index in [2.05, 4.69) is 33.9 Å². The minimum Gasteiger partial charge on any atom is -0.544 e. The molecule has 0 bridgehead atoms. The zero-order valence-corrected chi connectivity index (χ0v) is 17.8. The van der Waals surface area contributed by atoms with E-state index in [1.807, 2.05) is 0 Å². The summed E-state index contributed by atoms with van der Waals surface area (Å²) in [4.78, 5) is 0. The largest absolute Gasteiger partial charge is 0.544 e. The summed E-state index contributed by atoms with van der Waals surface area (Å²) in [5, 5.41) is 0.0289. The summed E-state index contributed by atoms with van der Waals surface area (Å²) in [6.45, 7) is 15.8. The van der Waals surface area contributed by atoms with E-state index < -0.39 is 28.9 Å². The van der Waals surface area contributed by atoms with Gasteiger partial charge < -0.3 is 8.85 Å². The molecule has 0 aliphatic carbocycles. The third-order valence-electron chi connectivity index (χ3n) is 4.13. The van der Waals surface area contributed by atoms with Crippen molar-refractivity contribution in [1.82, 2.24) is 0 Å². The normalized spacial score (nSPS) is 15.3. The number of hydrogen-bond acceptors (Lipinski definition) is 2. The van der Waals surface area contributed by atoms with Crippen molar-refractivity contribution in [3.63, 3.8) is 0 Å². The van der Waals surface area contributed by atoms with Crippen molar-refractivity contribution in [1.29, 1.82) is 0 Å². The Morgan fingerprint density at radius 1 is 0.875 bits per heavy atom. The third-order valence-corrected chi connectivity index (χ3v) is 9.43. The van der Waals surface area contributed by atoms with E-state index >= 15 is 0 Å². The van der Waals surface area contributed by atoms with E-state index in [-0.39, 0.29) is 10.6 Å². The minimum atomic E-state index is -4.43. The van der Waals surface area contributed by atoms with Crippen LogP contribution in [0.5, 0.6) is 5.75 Å². The smallest absolute Gasteiger partial charge is 0.417 e. The van der Waals surface area contributed by atoms with E-state index in [1.54, 1.807) is 31.8 Å². The fraction of sp³-hybridized carbons (Fsp3) is 0.647. The van der Waals surface area contributed by atoms with E-state index in [9.17, 15) is 13.2 Å². The highest BCUT2D eigenvalue weighted by atomic mass is 28.4. The van der Waals surface area contributed by atoms with Gasteiger partial charge in [0, 0.05) is 0 Å². The molecule has 0 spiro atoms. The minimum absolute atomic E-state index is 0.0289. The van der Waals surface area contributed by atoms with Crippen LogP contribution >= 0.6 is 0 Å². The Hall–Kier alpha value is -0.796. The zero-order valence-electron chi connectivity index (χ0n) is 15.8. The summed E-state index contributed by atoms with van der Waals surface area (Å²) in [5.74, 6) is 0.610. The van der Waals surface area contributed by atoms with E-state index in [1.165, 1.54) is 12.1 Å². The zero-order chi connectivity index (χ0) is 19.0. The molecular weight excluding hydrogens is 349 g/mol. The average molecular weight is 379 g/mol. The van der Waals surface area contributed by atoms with Gasteiger partial charge in [-0.25, -0.2) is 0 Å². The molecular formula is C17H29F3O2Si2. The molecule has 0 saturated carbocycles. The molecule has 0 radical (unpaired) electrons. The second-order valence-corrected chi connectivity index (χ2v) is 17.8. The number of rotatable bonds is 5. The van der Waals surface area contributed by atoms with Gasteiger partial charge in [-0.2, -0.15) is 13.2 Å². The highest BCUT2D eigenvalue weighted by Gasteiger charge is 2.44. The van der Waals surface area contributed by atoms with E-state index in [0.717, 1.165) is 0 Å². The van der Waals surface area contributed by atoms with Crippen LogP contribution in [0.25, 0.3) is 0 Å². The molecule has 7 heteroatoms. The summed E-state index contributed by atoms with van der Waals surface area (Å²) in [5.41, 5.74) is 0.118. The molecule has 0 saturated heterocycles. The summed E-state index contributed by atoms with van der Waals surface area (Å²) in [6, 6.07) is 6.14. The van der Waals surface area contributed by atoms with Crippen molar-refractivity contribution in [3.8, 4) is 5.75 Å². The molecule has 1 aromatic rings. The van der Waals surface area contributed by atoms with Crippen molar-refractivity contribution in [2.75, 3.05) is 0 Å². The summed E-state index contributed by atoms with van der Waals surface area (Å²) in [6.07, 6.45) is -6.31. The molecule has 0 fully saturated rings. The molecule has 2 nitrogen and oxygen atoms in total. The highest BCUT2D eigenvalue weighted by molar-refractivity contribution is 6.74. The van der Waals surface area contributed by atoms with Crippen molar-refractivity contribution < 1.29 is 22.0 Å². The van der Waals surface area contributed by atoms with Crippen LogP contribution in [-0.2, 0) is 4.43 Å². The van der Waals surface area contributed by atoms with Gasteiger partial charge in [0.2, 0.25) is 8.32 Å². The lowest BCUT2D eigenvalue weighted by molar-refractivity contribution is -0.200. The monoisotopic (exact) mass is 378 g/mol. The molecule has 1 aromatic carbocycles. The maximum absolute atomic E-state index is 13.3. The Balaban J connectivity index is 3.04. The average Bonchev–Trinajstić information content (AvgIpc) is 2.33. The number of alkyl halides is 3.